The van der Waals surface area contributed by atoms with E-state index in [1.54, 1.807) is 0 Å². The van der Waals surface area contributed by atoms with Gasteiger partial charge in [0.15, 0.2) is 0 Å². The van der Waals surface area contributed by atoms with E-state index in [2.05, 4.69) is 4.98 Å². The third kappa shape index (κ3) is 0.917. The monoisotopic (exact) mass is 147 g/mol. The Labute approximate surface area is 64.5 Å². The summed E-state index contributed by atoms with van der Waals surface area (Å²) in [5, 5.41) is 11.1. The van der Waals surface area contributed by atoms with Crippen LogP contribution in [0.4, 0.5) is 0 Å². The van der Waals surface area contributed by atoms with Crippen molar-refractivity contribution in [3.63, 3.8) is 0 Å². The van der Waals surface area contributed by atoms with Gasteiger partial charge < -0.3 is 10.1 Å². The fraction of sp³-hybridized carbons (Fsp3) is 0.111. The van der Waals surface area contributed by atoms with Crippen molar-refractivity contribution < 1.29 is 5.11 Å². The van der Waals surface area contributed by atoms with Crippen molar-refractivity contribution >= 4 is 10.8 Å². The highest BCUT2D eigenvalue weighted by molar-refractivity contribution is 5.84. The molecule has 0 saturated carbocycles. The SMILES string of the molecule is OCc1[nH]cc2ccccc12. The highest BCUT2D eigenvalue weighted by Gasteiger charge is 1.98. The van der Waals surface area contributed by atoms with Gasteiger partial charge in [-0.1, -0.05) is 24.3 Å². The Bertz CT molecular complexity index is 364. The molecule has 2 N–H and O–H groups in total. The second kappa shape index (κ2) is 2.40. The fourth-order valence-corrected chi connectivity index (χ4v) is 1.27. The van der Waals surface area contributed by atoms with Gasteiger partial charge in [-0.3, -0.25) is 0 Å². The summed E-state index contributed by atoms with van der Waals surface area (Å²) in [6.45, 7) is 0.0769. The first-order valence-electron chi connectivity index (χ1n) is 3.57. The van der Waals surface area contributed by atoms with Crippen molar-refractivity contribution in [3.8, 4) is 0 Å². The molecule has 1 aromatic carbocycles. The molecule has 2 rings (SSSR count). The zero-order chi connectivity index (χ0) is 7.68. The van der Waals surface area contributed by atoms with Gasteiger partial charge in [0, 0.05) is 17.3 Å². The molecule has 0 radical (unpaired) electrons. The number of aliphatic hydroxyl groups is 1. The van der Waals surface area contributed by atoms with E-state index < -0.39 is 0 Å². The molecule has 0 spiro atoms. The van der Waals surface area contributed by atoms with Gasteiger partial charge in [0.05, 0.1) is 6.61 Å². The Morgan fingerprint density at radius 1 is 1.27 bits per heavy atom. The Morgan fingerprint density at radius 2 is 2.09 bits per heavy atom. The van der Waals surface area contributed by atoms with Crippen LogP contribution < -0.4 is 0 Å². The average Bonchev–Trinajstić information content (AvgIpc) is 2.47. The molecule has 0 aliphatic carbocycles. The number of hydrogen-bond donors (Lipinski definition) is 2. The largest absolute Gasteiger partial charge is 0.390 e. The van der Waals surface area contributed by atoms with Crippen LogP contribution in [0.5, 0.6) is 0 Å². The minimum Gasteiger partial charge on any atom is -0.390 e. The van der Waals surface area contributed by atoms with E-state index in [0.717, 1.165) is 16.5 Å². The normalized spacial score (nSPS) is 10.6. The highest BCUT2D eigenvalue weighted by atomic mass is 16.3. The standard InChI is InChI=1S/C9H9NO/c11-6-9-8-4-2-1-3-7(8)5-10-9/h1-5,10-11H,6H2. The lowest BCUT2D eigenvalue weighted by Crippen LogP contribution is -1.80. The van der Waals surface area contributed by atoms with Gasteiger partial charge in [-0.25, -0.2) is 0 Å². The van der Waals surface area contributed by atoms with E-state index in [1.807, 2.05) is 30.5 Å². The van der Waals surface area contributed by atoms with E-state index >= 15 is 0 Å². The molecule has 2 aromatic rings. The summed E-state index contributed by atoms with van der Waals surface area (Å²) in [5.74, 6) is 0. The number of benzene rings is 1. The Hall–Kier alpha value is -1.28. The number of aromatic amines is 1. The summed E-state index contributed by atoms with van der Waals surface area (Å²) in [6.07, 6.45) is 1.90. The third-order valence-corrected chi connectivity index (χ3v) is 1.85. The summed E-state index contributed by atoms with van der Waals surface area (Å²) in [5.41, 5.74) is 0.889. The summed E-state index contributed by atoms with van der Waals surface area (Å²) >= 11 is 0. The summed E-state index contributed by atoms with van der Waals surface area (Å²) in [7, 11) is 0. The van der Waals surface area contributed by atoms with Crippen LogP contribution in [0.2, 0.25) is 0 Å². The smallest absolute Gasteiger partial charge is 0.0837 e. The van der Waals surface area contributed by atoms with Crippen LogP contribution in [0, 0.1) is 0 Å². The number of aromatic nitrogens is 1. The lowest BCUT2D eigenvalue weighted by molar-refractivity contribution is 0.279. The molecule has 0 saturated heterocycles. The Morgan fingerprint density at radius 3 is 2.91 bits per heavy atom. The first-order valence-corrected chi connectivity index (χ1v) is 3.57. The van der Waals surface area contributed by atoms with Crippen LogP contribution in [-0.4, -0.2) is 10.1 Å². The average molecular weight is 147 g/mol. The maximum atomic E-state index is 8.89. The first kappa shape index (κ1) is 6.43. The second-order valence-corrected chi connectivity index (χ2v) is 2.51. The van der Waals surface area contributed by atoms with Crippen LogP contribution in [0.3, 0.4) is 0 Å². The summed E-state index contributed by atoms with van der Waals surface area (Å²) in [4.78, 5) is 3.01. The van der Waals surface area contributed by atoms with Crippen LogP contribution in [0.25, 0.3) is 10.8 Å². The molecule has 1 aromatic heterocycles. The lowest BCUT2D eigenvalue weighted by atomic mass is 10.2. The van der Waals surface area contributed by atoms with Crippen molar-refractivity contribution in [2.24, 2.45) is 0 Å². The minimum atomic E-state index is 0.0769. The maximum absolute atomic E-state index is 8.89. The van der Waals surface area contributed by atoms with Gasteiger partial charge in [-0.15, -0.1) is 0 Å². The summed E-state index contributed by atoms with van der Waals surface area (Å²) < 4.78 is 0. The molecule has 1 heterocycles. The summed E-state index contributed by atoms with van der Waals surface area (Å²) in [6, 6.07) is 7.97. The molecule has 0 amide bonds. The predicted molar refractivity (Wildman–Crippen MR) is 44.2 cm³/mol. The van der Waals surface area contributed by atoms with E-state index in [-0.39, 0.29) is 6.61 Å². The second-order valence-electron chi connectivity index (χ2n) is 2.51. The Kier molecular flexibility index (Phi) is 1.40. The van der Waals surface area contributed by atoms with Crippen LogP contribution in [0.15, 0.2) is 30.5 Å². The zero-order valence-electron chi connectivity index (χ0n) is 6.04. The van der Waals surface area contributed by atoms with Crippen LogP contribution >= 0.6 is 0 Å². The van der Waals surface area contributed by atoms with Crippen molar-refractivity contribution in [1.82, 2.24) is 4.98 Å². The zero-order valence-corrected chi connectivity index (χ0v) is 6.04. The molecule has 0 bridgehead atoms. The quantitative estimate of drug-likeness (QED) is 0.632. The van der Waals surface area contributed by atoms with Crippen molar-refractivity contribution in [1.29, 1.82) is 0 Å². The fourth-order valence-electron chi connectivity index (χ4n) is 1.27. The maximum Gasteiger partial charge on any atom is 0.0837 e. The van der Waals surface area contributed by atoms with Gasteiger partial charge >= 0.3 is 0 Å². The van der Waals surface area contributed by atoms with Gasteiger partial charge in [0.2, 0.25) is 0 Å². The van der Waals surface area contributed by atoms with Gasteiger partial charge in [-0.05, 0) is 5.39 Å². The van der Waals surface area contributed by atoms with Crippen LogP contribution in [0.1, 0.15) is 5.69 Å². The molecule has 56 valence electrons. The van der Waals surface area contributed by atoms with E-state index in [1.165, 1.54) is 0 Å². The molecule has 2 nitrogen and oxygen atoms in total. The minimum absolute atomic E-state index is 0.0769. The molecular weight excluding hydrogens is 138 g/mol. The Balaban J connectivity index is 2.76. The van der Waals surface area contributed by atoms with Crippen molar-refractivity contribution in [3.05, 3.63) is 36.2 Å². The number of H-pyrrole nitrogens is 1. The number of nitrogens with one attached hydrogen (secondary N) is 1. The van der Waals surface area contributed by atoms with Crippen molar-refractivity contribution in [2.45, 2.75) is 6.61 Å². The molecule has 0 aliphatic rings. The molecule has 0 fully saturated rings. The first-order chi connectivity index (χ1) is 5.42. The van der Waals surface area contributed by atoms with Gasteiger partial charge in [0.25, 0.3) is 0 Å². The van der Waals surface area contributed by atoms with Crippen molar-refractivity contribution in [2.75, 3.05) is 0 Å². The molecule has 0 atom stereocenters. The molecule has 2 heteroatoms. The predicted octanol–water partition coefficient (Wildman–Crippen LogP) is 1.66. The topological polar surface area (TPSA) is 36.0 Å². The van der Waals surface area contributed by atoms with Crippen LogP contribution in [-0.2, 0) is 6.61 Å². The molecule has 0 unspecified atom stereocenters. The third-order valence-electron chi connectivity index (χ3n) is 1.85. The molecule has 11 heavy (non-hydrogen) atoms. The molecular formula is C9H9NO. The van der Waals surface area contributed by atoms with Gasteiger partial charge in [-0.2, -0.15) is 0 Å². The number of hydrogen-bond acceptors (Lipinski definition) is 1. The number of fused-ring (bicyclic) bond motifs is 1. The van der Waals surface area contributed by atoms with E-state index in [9.17, 15) is 0 Å². The molecule has 0 aliphatic heterocycles. The van der Waals surface area contributed by atoms with Gasteiger partial charge in [0.1, 0.15) is 0 Å². The lowest BCUT2D eigenvalue weighted by Gasteiger charge is -1.90. The van der Waals surface area contributed by atoms with E-state index in [0.29, 0.717) is 0 Å². The number of rotatable bonds is 1. The highest BCUT2D eigenvalue weighted by Crippen LogP contribution is 2.16. The number of aliphatic hydroxyl groups excluding tert-OH is 1. The van der Waals surface area contributed by atoms with E-state index in [4.69, 9.17) is 5.11 Å².